The molecule has 5 nitrogen and oxygen atoms in total. The van der Waals surface area contributed by atoms with Crippen molar-refractivity contribution in [3.8, 4) is 5.75 Å². The second-order valence-electron chi connectivity index (χ2n) is 4.14. The predicted octanol–water partition coefficient (Wildman–Crippen LogP) is -0.145. The molecule has 0 radical (unpaired) electrons. The van der Waals surface area contributed by atoms with Gasteiger partial charge in [0.05, 0.1) is 17.6 Å². The molecule has 17 heavy (non-hydrogen) atoms. The summed E-state index contributed by atoms with van der Waals surface area (Å²) in [5, 5.41) is 9.57. The van der Waals surface area contributed by atoms with Gasteiger partial charge in [0.15, 0.2) is 9.84 Å². The minimum atomic E-state index is -2.88. The molecule has 0 aromatic heterocycles. The van der Waals surface area contributed by atoms with E-state index in [1.807, 2.05) is 0 Å². The SMILES string of the molecule is NCC(O)c1cccc(OC2CS(=O)(=O)C2)c1. The Labute approximate surface area is 100 Å². The van der Waals surface area contributed by atoms with Crippen molar-refractivity contribution >= 4 is 9.84 Å². The summed E-state index contributed by atoms with van der Waals surface area (Å²) in [5.41, 5.74) is 6.03. The number of nitrogens with two attached hydrogens (primary N) is 1. The summed E-state index contributed by atoms with van der Waals surface area (Å²) in [7, 11) is -2.88. The highest BCUT2D eigenvalue weighted by Crippen LogP contribution is 2.23. The molecule has 0 amide bonds. The van der Waals surface area contributed by atoms with Crippen LogP contribution in [0.5, 0.6) is 5.75 Å². The first-order valence-corrected chi connectivity index (χ1v) is 7.17. The van der Waals surface area contributed by atoms with E-state index >= 15 is 0 Å². The number of benzene rings is 1. The molecule has 1 aliphatic heterocycles. The van der Waals surface area contributed by atoms with Crippen LogP contribution in [0, 0.1) is 0 Å². The van der Waals surface area contributed by atoms with Gasteiger partial charge in [-0.1, -0.05) is 12.1 Å². The smallest absolute Gasteiger partial charge is 0.157 e. The Hall–Kier alpha value is -1.11. The monoisotopic (exact) mass is 257 g/mol. The second kappa shape index (κ2) is 4.64. The summed E-state index contributed by atoms with van der Waals surface area (Å²) in [5.74, 6) is 0.697. The predicted molar refractivity (Wildman–Crippen MR) is 63.5 cm³/mol. The highest BCUT2D eigenvalue weighted by atomic mass is 32.2. The first-order valence-electron chi connectivity index (χ1n) is 5.35. The van der Waals surface area contributed by atoms with Gasteiger partial charge in [0, 0.05) is 6.54 Å². The van der Waals surface area contributed by atoms with Crippen LogP contribution in [0.25, 0.3) is 0 Å². The molecular weight excluding hydrogens is 242 g/mol. The number of hydrogen-bond donors (Lipinski definition) is 2. The quantitative estimate of drug-likeness (QED) is 0.783. The first kappa shape index (κ1) is 12.3. The van der Waals surface area contributed by atoms with Gasteiger partial charge < -0.3 is 15.6 Å². The molecule has 1 aliphatic rings. The van der Waals surface area contributed by atoms with E-state index in [0.717, 1.165) is 0 Å². The highest BCUT2D eigenvalue weighted by molar-refractivity contribution is 7.92. The van der Waals surface area contributed by atoms with Crippen LogP contribution < -0.4 is 10.5 Å². The molecule has 1 saturated heterocycles. The lowest BCUT2D eigenvalue weighted by Gasteiger charge is -2.26. The van der Waals surface area contributed by atoms with E-state index in [-0.39, 0.29) is 24.2 Å². The van der Waals surface area contributed by atoms with Crippen molar-refractivity contribution < 1.29 is 18.3 Å². The minimum absolute atomic E-state index is 0.0661. The summed E-state index contributed by atoms with van der Waals surface area (Å²) in [6, 6.07) is 6.92. The molecule has 6 heteroatoms. The molecule has 1 heterocycles. The van der Waals surface area contributed by atoms with Crippen LogP contribution in [-0.2, 0) is 9.84 Å². The normalized spacial score (nSPS) is 20.6. The van der Waals surface area contributed by atoms with Crippen molar-refractivity contribution in [2.24, 2.45) is 5.73 Å². The molecule has 0 saturated carbocycles. The number of aliphatic hydroxyl groups is 1. The molecule has 1 aromatic carbocycles. The number of aliphatic hydroxyl groups excluding tert-OH is 1. The third kappa shape index (κ3) is 2.96. The van der Waals surface area contributed by atoms with Gasteiger partial charge in [-0.05, 0) is 17.7 Å². The Bertz CT molecular complexity index is 488. The van der Waals surface area contributed by atoms with Crippen LogP contribution >= 0.6 is 0 Å². The highest BCUT2D eigenvalue weighted by Gasteiger charge is 2.35. The van der Waals surface area contributed by atoms with Crippen molar-refractivity contribution in [3.63, 3.8) is 0 Å². The Morgan fingerprint density at radius 2 is 2.18 bits per heavy atom. The molecule has 1 atom stereocenters. The fraction of sp³-hybridized carbons (Fsp3) is 0.455. The van der Waals surface area contributed by atoms with Crippen molar-refractivity contribution in [1.29, 1.82) is 0 Å². The molecular formula is C11H15NO4S. The van der Waals surface area contributed by atoms with Crippen LogP contribution in [0.2, 0.25) is 0 Å². The maximum absolute atomic E-state index is 11.0. The minimum Gasteiger partial charge on any atom is -0.488 e. The topological polar surface area (TPSA) is 89.6 Å². The van der Waals surface area contributed by atoms with Gasteiger partial charge in [-0.15, -0.1) is 0 Å². The number of hydrogen-bond acceptors (Lipinski definition) is 5. The van der Waals surface area contributed by atoms with Crippen LogP contribution in [0.15, 0.2) is 24.3 Å². The fourth-order valence-corrected chi connectivity index (χ4v) is 2.88. The number of rotatable bonds is 4. The molecule has 3 N–H and O–H groups in total. The largest absolute Gasteiger partial charge is 0.488 e. The summed E-state index contributed by atoms with van der Waals surface area (Å²) >= 11 is 0. The van der Waals surface area contributed by atoms with Gasteiger partial charge >= 0.3 is 0 Å². The molecule has 2 rings (SSSR count). The Morgan fingerprint density at radius 1 is 1.47 bits per heavy atom. The lowest BCUT2D eigenvalue weighted by atomic mass is 10.1. The van der Waals surface area contributed by atoms with Gasteiger partial charge in [0.25, 0.3) is 0 Å². The van der Waals surface area contributed by atoms with Gasteiger partial charge in [0.2, 0.25) is 0 Å². The van der Waals surface area contributed by atoms with Gasteiger partial charge in [-0.3, -0.25) is 0 Å². The summed E-state index contributed by atoms with van der Waals surface area (Å²) < 4.78 is 27.4. The number of ether oxygens (including phenoxy) is 1. The van der Waals surface area contributed by atoms with E-state index < -0.39 is 15.9 Å². The molecule has 1 fully saturated rings. The summed E-state index contributed by atoms with van der Waals surface area (Å²) in [4.78, 5) is 0. The maximum Gasteiger partial charge on any atom is 0.157 e. The standard InChI is InChI=1S/C11H15NO4S/c12-5-11(13)8-2-1-3-9(4-8)16-10-6-17(14,15)7-10/h1-4,10-11,13H,5-7,12H2. The lowest BCUT2D eigenvalue weighted by molar-refractivity contribution is 0.185. The zero-order chi connectivity index (χ0) is 12.5. The lowest BCUT2D eigenvalue weighted by Crippen LogP contribution is -2.45. The van der Waals surface area contributed by atoms with Crippen LogP contribution in [0.1, 0.15) is 11.7 Å². The zero-order valence-electron chi connectivity index (χ0n) is 9.24. The van der Waals surface area contributed by atoms with Crippen molar-refractivity contribution in [1.82, 2.24) is 0 Å². The third-order valence-corrected chi connectivity index (χ3v) is 4.41. The first-order chi connectivity index (χ1) is 8.00. The van der Waals surface area contributed by atoms with Gasteiger partial charge in [-0.2, -0.15) is 0 Å². The average molecular weight is 257 g/mol. The van der Waals surface area contributed by atoms with Crippen LogP contribution in [0.4, 0.5) is 0 Å². The molecule has 0 spiro atoms. The number of sulfone groups is 1. The molecule has 0 aliphatic carbocycles. The van der Waals surface area contributed by atoms with Gasteiger partial charge in [0.1, 0.15) is 11.9 Å². The van der Waals surface area contributed by atoms with E-state index in [1.54, 1.807) is 24.3 Å². The Kier molecular flexibility index (Phi) is 3.37. The van der Waals surface area contributed by atoms with E-state index in [4.69, 9.17) is 10.5 Å². The van der Waals surface area contributed by atoms with E-state index in [9.17, 15) is 13.5 Å². The Morgan fingerprint density at radius 3 is 2.76 bits per heavy atom. The van der Waals surface area contributed by atoms with E-state index in [0.29, 0.717) is 11.3 Å². The molecule has 1 unspecified atom stereocenters. The van der Waals surface area contributed by atoms with E-state index in [1.165, 1.54) is 0 Å². The molecule has 0 bridgehead atoms. The molecule has 94 valence electrons. The second-order valence-corrected chi connectivity index (χ2v) is 6.29. The zero-order valence-corrected chi connectivity index (χ0v) is 10.1. The van der Waals surface area contributed by atoms with Gasteiger partial charge in [-0.25, -0.2) is 8.42 Å². The summed E-state index contributed by atoms with van der Waals surface area (Å²) in [6.07, 6.45) is -0.992. The van der Waals surface area contributed by atoms with Crippen molar-refractivity contribution in [2.45, 2.75) is 12.2 Å². The fourth-order valence-electron chi connectivity index (χ4n) is 1.71. The maximum atomic E-state index is 11.0. The Balaban J connectivity index is 2.02. The van der Waals surface area contributed by atoms with Crippen molar-refractivity contribution in [2.75, 3.05) is 18.1 Å². The third-order valence-electron chi connectivity index (χ3n) is 2.65. The van der Waals surface area contributed by atoms with E-state index in [2.05, 4.69) is 0 Å². The van der Waals surface area contributed by atoms with Crippen LogP contribution in [0.3, 0.4) is 0 Å². The van der Waals surface area contributed by atoms with Crippen LogP contribution in [-0.4, -0.2) is 37.7 Å². The van der Waals surface area contributed by atoms with Crippen molar-refractivity contribution in [3.05, 3.63) is 29.8 Å². The molecule has 1 aromatic rings. The average Bonchev–Trinajstić information content (AvgIpc) is 2.26. The summed E-state index contributed by atoms with van der Waals surface area (Å²) in [6.45, 7) is 0.140.